The quantitative estimate of drug-likeness (QED) is 0.171. The van der Waals surface area contributed by atoms with Gasteiger partial charge in [0.2, 0.25) is 0 Å². The molecule has 0 bridgehead atoms. The van der Waals surface area contributed by atoms with Crippen molar-refractivity contribution in [3.63, 3.8) is 0 Å². The highest BCUT2D eigenvalue weighted by Crippen LogP contribution is 2.18. The van der Waals surface area contributed by atoms with Gasteiger partial charge in [-0.15, -0.1) is 0 Å². The van der Waals surface area contributed by atoms with Crippen molar-refractivity contribution in [2.24, 2.45) is 0 Å². The molecule has 0 aliphatic carbocycles. The number of quaternary nitrogens is 1. The van der Waals surface area contributed by atoms with Gasteiger partial charge >= 0.3 is 0 Å². The van der Waals surface area contributed by atoms with Crippen molar-refractivity contribution in [2.75, 3.05) is 32.8 Å². The average Bonchev–Trinajstić information content (AvgIpc) is 2.66. The number of aliphatic hydroxyl groups is 3. The number of allylic oxidation sites excluding steroid dienone is 4. The molecule has 0 aliphatic rings. The normalized spacial score (nSPS) is 16.3. The van der Waals surface area contributed by atoms with Crippen LogP contribution in [0.3, 0.4) is 0 Å². The Labute approximate surface area is 177 Å². The van der Waals surface area contributed by atoms with Crippen LogP contribution in [0.2, 0.25) is 0 Å². The van der Waals surface area contributed by atoms with Crippen LogP contribution >= 0.6 is 0 Å². The summed E-state index contributed by atoms with van der Waals surface area (Å²) in [5.41, 5.74) is 0. The van der Waals surface area contributed by atoms with Crippen LogP contribution in [0, 0.1) is 0 Å². The summed E-state index contributed by atoms with van der Waals surface area (Å²) in [4.78, 5) is 10.7. The second-order valence-electron chi connectivity index (χ2n) is 8.01. The van der Waals surface area contributed by atoms with Gasteiger partial charge in [-0.1, -0.05) is 24.3 Å². The van der Waals surface area contributed by atoms with Gasteiger partial charge in [-0.05, 0) is 71.6 Å². The first kappa shape index (κ1) is 27.8. The Kier molecular flexibility index (Phi) is 16.9. The van der Waals surface area contributed by atoms with Gasteiger partial charge in [0.1, 0.15) is 31.8 Å². The van der Waals surface area contributed by atoms with E-state index in [-0.39, 0.29) is 13.0 Å². The number of carboxylic acids is 1. The summed E-state index contributed by atoms with van der Waals surface area (Å²) in [5.74, 6) is -1.06. The molecule has 3 N–H and O–H groups in total. The van der Waals surface area contributed by atoms with Gasteiger partial charge in [-0.2, -0.15) is 0 Å². The van der Waals surface area contributed by atoms with Crippen molar-refractivity contribution in [1.29, 1.82) is 0 Å². The fraction of sp³-hybridized carbons (Fsp3) is 0.783. The molecular weight excluding hydrogens is 370 g/mol. The number of hydrogen-bond acceptors (Lipinski definition) is 5. The van der Waals surface area contributed by atoms with Crippen molar-refractivity contribution >= 4 is 5.97 Å². The predicted octanol–water partition coefficient (Wildman–Crippen LogP) is 1.93. The van der Waals surface area contributed by atoms with E-state index < -0.39 is 18.2 Å². The molecule has 0 aromatic rings. The van der Waals surface area contributed by atoms with E-state index in [4.69, 9.17) is 0 Å². The van der Waals surface area contributed by atoms with Crippen molar-refractivity contribution < 1.29 is 29.7 Å². The summed E-state index contributed by atoms with van der Waals surface area (Å²) < 4.78 is 0.416. The third-order valence-electron chi connectivity index (χ3n) is 5.32. The maximum Gasteiger partial charge on any atom is 0.105 e. The summed E-state index contributed by atoms with van der Waals surface area (Å²) in [5, 5.41) is 41.6. The van der Waals surface area contributed by atoms with E-state index in [0.717, 1.165) is 25.7 Å². The second-order valence-corrected chi connectivity index (χ2v) is 8.01. The number of aliphatic carboxylic acids is 1. The molecule has 2 unspecified atom stereocenters. The third-order valence-corrected chi connectivity index (χ3v) is 5.32. The Morgan fingerprint density at radius 2 is 1.41 bits per heavy atom. The number of unbranched alkanes of at least 4 members (excludes halogenated alkanes) is 3. The number of rotatable bonds is 19. The zero-order valence-corrected chi connectivity index (χ0v) is 18.5. The SMILES string of the molecule is C/C=C/CCCC(O)C[N+](CCO)(CCCCC(=O)[O-])CC(O)CCC/C=C/C. The van der Waals surface area contributed by atoms with Crippen LogP contribution in [-0.2, 0) is 4.79 Å². The first-order valence-electron chi connectivity index (χ1n) is 11.1. The van der Waals surface area contributed by atoms with Crippen LogP contribution in [0.1, 0.15) is 71.6 Å². The van der Waals surface area contributed by atoms with Gasteiger partial charge in [0.25, 0.3) is 0 Å². The maximum absolute atomic E-state index is 10.7. The first-order chi connectivity index (χ1) is 13.9. The monoisotopic (exact) mass is 413 g/mol. The Bertz CT molecular complexity index is 438. The fourth-order valence-corrected chi connectivity index (χ4v) is 3.83. The third kappa shape index (κ3) is 15.3. The number of carbonyl (C=O) groups is 1. The minimum Gasteiger partial charge on any atom is -0.550 e. The standard InChI is InChI=1S/C23H43NO5/c1-3-5-7-9-13-21(26)19-24(17-18-25,16-12-11-15-23(28)29)20-22(27)14-10-8-6-4-2/h3-6,21-22,25-27H,7-20H2,1-2H3/b5-3+,6-4+. The number of nitrogens with zero attached hydrogens (tertiary/aromatic N) is 1. The fourth-order valence-electron chi connectivity index (χ4n) is 3.83. The van der Waals surface area contributed by atoms with Gasteiger partial charge in [0, 0.05) is 5.97 Å². The Morgan fingerprint density at radius 1 is 0.897 bits per heavy atom. The largest absolute Gasteiger partial charge is 0.550 e. The van der Waals surface area contributed by atoms with E-state index >= 15 is 0 Å². The van der Waals surface area contributed by atoms with E-state index in [9.17, 15) is 25.2 Å². The molecule has 0 saturated heterocycles. The molecule has 0 spiro atoms. The minimum absolute atomic E-state index is 0.0109. The number of aliphatic hydroxyl groups excluding tert-OH is 3. The molecule has 2 atom stereocenters. The molecule has 0 rings (SSSR count). The Balaban J connectivity index is 4.97. The molecule has 0 fully saturated rings. The van der Waals surface area contributed by atoms with Crippen molar-refractivity contribution in [2.45, 2.75) is 83.8 Å². The summed E-state index contributed by atoms with van der Waals surface area (Å²) in [6.45, 7) is 5.93. The Morgan fingerprint density at radius 3 is 1.83 bits per heavy atom. The van der Waals surface area contributed by atoms with E-state index in [1.54, 1.807) is 0 Å². The van der Waals surface area contributed by atoms with Crippen LogP contribution in [0.15, 0.2) is 24.3 Å². The van der Waals surface area contributed by atoms with E-state index in [1.165, 1.54) is 0 Å². The van der Waals surface area contributed by atoms with Crippen LogP contribution < -0.4 is 5.11 Å². The molecule has 0 radical (unpaired) electrons. The lowest BCUT2D eigenvalue weighted by molar-refractivity contribution is -0.934. The lowest BCUT2D eigenvalue weighted by atomic mass is 10.1. The minimum atomic E-state index is -1.06. The number of hydrogen-bond donors (Lipinski definition) is 3. The summed E-state index contributed by atoms with van der Waals surface area (Å²) >= 11 is 0. The summed E-state index contributed by atoms with van der Waals surface area (Å²) in [7, 11) is 0. The molecule has 0 amide bonds. The average molecular weight is 414 g/mol. The molecule has 6 heteroatoms. The highest BCUT2D eigenvalue weighted by molar-refractivity contribution is 5.64. The molecule has 0 aromatic heterocycles. The highest BCUT2D eigenvalue weighted by atomic mass is 16.4. The van der Waals surface area contributed by atoms with Crippen LogP contribution in [0.4, 0.5) is 0 Å². The van der Waals surface area contributed by atoms with Gasteiger partial charge in [-0.25, -0.2) is 0 Å². The topological polar surface area (TPSA) is 101 Å². The smallest absolute Gasteiger partial charge is 0.105 e. The highest BCUT2D eigenvalue weighted by Gasteiger charge is 2.32. The molecule has 6 nitrogen and oxygen atoms in total. The van der Waals surface area contributed by atoms with Crippen molar-refractivity contribution in [3.8, 4) is 0 Å². The van der Waals surface area contributed by atoms with Gasteiger partial charge in [0.15, 0.2) is 0 Å². The summed E-state index contributed by atoms with van der Waals surface area (Å²) in [6.07, 6.45) is 13.3. The van der Waals surface area contributed by atoms with Crippen LogP contribution in [0.5, 0.6) is 0 Å². The molecule has 0 aliphatic heterocycles. The molecule has 29 heavy (non-hydrogen) atoms. The van der Waals surface area contributed by atoms with E-state index in [2.05, 4.69) is 12.2 Å². The molecule has 170 valence electrons. The molecule has 0 saturated carbocycles. The number of carbonyl (C=O) groups excluding carboxylic acids is 1. The van der Waals surface area contributed by atoms with Crippen LogP contribution in [-0.4, -0.2) is 70.8 Å². The zero-order chi connectivity index (χ0) is 22.0. The second kappa shape index (κ2) is 17.6. The van der Waals surface area contributed by atoms with E-state index in [1.807, 2.05) is 26.0 Å². The summed E-state index contributed by atoms with van der Waals surface area (Å²) in [6, 6.07) is 0. The lowest BCUT2D eigenvalue weighted by Gasteiger charge is -2.41. The molecule has 0 heterocycles. The van der Waals surface area contributed by atoms with Gasteiger partial charge in [0.05, 0.1) is 13.2 Å². The van der Waals surface area contributed by atoms with Crippen LogP contribution in [0.25, 0.3) is 0 Å². The predicted molar refractivity (Wildman–Crippen MR) is 115 cm³/mol. The van der Waals surface area contributed by atoms with Gasteiger partial charge < -0.3 is 29.7 Å². The molecule has 0 aromatic carbocycles. The maximum atomic E-state index is 10.7. The van der Waals surface area contributed by atoms with Crippen molar-refractivity contribution in [1.82, 2.24) is 0 Å². The zero-order valence-electron chi connectivity index (χ0n) is 18.5. The Hall–Kier alpha value is -1.21. The first-order valence-corrected chi connectivity index (χ1v) is 11.1. The van der Waals surface area contributed by atoms with Crippen molar-refractivity contribution in [3.05, 3.63) is 24.3 Å². The van der Waals surface area contributed by atoms with E-state index in [0.29, 0.717) is 56.3 Å². The number of carboxylic acid groups (broad SMARTS) is 1. The van der Waals surface area contributed by atoms with Gasteiger partial charge in [-0.3, -0.25) is 0 Å². The molecular formula is C23H43NO5. The lowest BCUT2D eigenvalue weighted by Crippen LogP contribution is -2.57.